The lowest BCUT2D eigenvalue weighted by Gasteiger charge is -2.17. The Bertz CT molecular complexity index is 1010. The molecule has 0 spiro atoms. The van der Waals surface area contributed by atoms with Gasteiger partial charge in [-0.2, -0.15) is 0 Å². The van der Waals surface area contributed by atoms with E-state index in [1.165, 1.54) is 11.3 Å². The van der Waals surface area contributed by atoms with Crippen LogP contribution in [0, 0.1) is 0 Å². The van der Waals surface area contributed by atoms with Crippen LogP contribution in [0.15, 0.2) is 54.6 Å². The van der Waals surface area contributed by atoms with Crippen LogP contribution in [0.5, 0.6) is 0 Å². The maximum absolute atomic E-state index is 12.5. The van der Waals surface area contributed by atoms with Crippen LogP contribution in [-0.2, 0) is 20.7 Å². The number of carbonyl (C=O) groups excluding carboxylic acids is 1. The topological polar surface area (TPSA) is 79.7 Å². The van der Waals surface area contributed by atoms with Crippen molar-refractivity contribution in [2.45, 2.75) is 27.2 Å². The normalized spacial score (nSPS) is 10.5. The average molecular weight is 489 g/mol. The van der Waals surface area contributed by atoms with Crippen LogP contribution in [-0.4, -0.2) is 53.2 Å². The lowest BCUT2D eigenvalue weighted by atomic mass is 10.1. The molecule has 0 fully saturated rings. The highest BCUT2D eigenvalue weighted by Crippen LogP contribution is 2.34. The summed E-state index contributed by atoms with van der Waals surface area (Å²) in [6, 6.07) is 17.5. The molecule has 6 nitrogen and oxygen atoms in total. The Kier molecular flexibility index (Phi) is 11.0. The summed E-state index contributed by atoms with van der Waals surface area (Å²) in [5, 5.41) is 8.98. The number of hydrogen-bond acceptors (Lipinski definition) is 6. The van der Waals surface area contributed by atoms with E-state index in [0.29, 0.717) is 11.6 Å². The number of hydrogen-bond donors (Lipinski definition) is 1. The molecule has 1 aromatic heterocycles. The van der Waals surface area contributed by atoms with E-state index in [4.69, 9.17) is 31.2 Å². The molecule has 0 bridgehead atoms. The van der Waals surface area contributed by atoms with Crippen molar-refractivity contribution in [3.63, 3.8) is 0 Å². The number of carboxylic acid groups (broad SMARTS) is 1. The van der Waals surface area contributed by atoms with Crippen molar-refractivity contribution in [2.75, 3.05) is 26.2 Å². The molecule has 0 unspecified atom stereocenters. The number of rotatable bonds is 9. The summed E-state index contributed by atoms with van der Waals surface area (Å²) >= 11 is 7.57. The van der Waals surface area contributed by atoms with E-state index in [9.17, 15) is 4.79 Å². The molecule has 2 aromatic carbocycles. The van der Waals surface area contributed by atoms with Crippen LogP contribution in [0.25, 0.3) is 21.8 Å². The van der Waals surface area contributed by atoms with Crippen LogP contribution in [0.2, 0.25) is 5.02 Å². The van der Waals surface area contributed by atoms with Crippen molar-refractivity contribution in [2.24, 2.45) is 0 Å². The van der Waals surface area contributed by atoms with Gasteiger partial charge in [0.25, 0.3) is 5.97 Å². The van der Waals surface area contributed by atoms with Crippen LogP contribution < -0.4 is 0 Å². The van der Waals surface area contributed by atoms with Gasteiger partial charge in [0.2, 0.25) is 0 Å². The van der Waals surface area contributed by atoms with Gasteiger partial charge in [0.15, 0.2) is 0 Å². The second-order valence-electron chi connectivity index (χ2n) is 7.11. The maximum atomic E-state index is 12.5. The zero-order valence-electron chi connectivity index (χ0n) is 19.1. The van der Waals surface area contributed by atoms with Crippen molar-refractivity contribution < 1.29 is 19.4 Å². The fourth-order valence-electron chi connectivity index (χ4n) is 3.02. The summed E-state index contributed by atoms with van der Waals surface area (Å²) in [7, 11) is 0. The third-order valence-corrected chi connectivity index (χ3v) is 6.06. The highest BCUT2D eigenvalue weighted by Gasteiger charge is 2.18. The summed E-state index contributed by atoms with van der Waals surface area (Å²) in [5.41, 5.74) is 2.79. The van der Waals surface area contributed by atoms with E-state index < -0.39 is 5.97 Å². The van der Waals surface area contributed by atoms with E-state index in [1.54, 1.807) is 0 Å². The number of nitrogens with zero attached hydrogens (tertiary/aromatic N) is 2. The molecule has 0 aliphatic carbocycles. The average Bonchev–Trinajstić information content (AvgIpc) is 3.21. The van der Waals surface area contributed by atoms with E-state index in [2.05, 4.69) is 18.7 Å². The second kappa shape index (κ2) is 13.7. The smallest absolute Gasteiger partial charge is 0.311 e. The zero-order chi connectivity index (χ0) is 24.2. The van der Waals surface area contributed by atoms with Gasteiger partial charge >= 0.3 is 5.97 Å². The van der Waals surface area contributed by atoms with Crippen molar-refractivity contribution in [1.29, 1.82) is 0 Å². The number of likely N-dealkylation sites (N-methyl/N-ethyl adjacent to an activating group) is 1. The summed E-state index contributed by atoms with van der Waals surface area (Å²) in [6.45, 7) is 8.34. The van der Waals surface area contributed by atoms with Crippen LogP contribution in [0.4, 0.5) is 0 Å². The second-order valence-corrected chi connectivity index (χ2v) is 8.63. The first-order chi connectivity index (χ1) is 15.8. The molecule has 0 radical (unpaired) electrons. The molecule has 0 aliphatic rings. The fourth-order valence-corrected chi connectivity index (χ4v) is 4.22. The van der Waals surface area contributed by atoms with Gasteiger partial charge in [0.1, 0.15) is 11.6 Å². The van der Waals surface area contributed by atoms with Gasteiger partial charge < -0.3 is 14.7 Å². The van der Waals surface area contributed by atoms with Gasteiger partial charge in [0, 0.05) is 34.5 Å². The highest BCUT2D eigenvalue weighted by atomic mass is 35.5. The molecule has 0 saturated heterocycles. The third-order valence-electron chi connectivity index (χ3n) is 4.71. The van der Waals surface area contributed by atoms with Crippen molar-refractivity contribution >= 4 is 34.9 Å². The summed E-state index contributed by atoms with van der Waals surface area (Å²) in [5.74, 6) is -1.06. The van der Waals surface area contributed by atoms with Gasteiger partial charge in [0.05, 0.1) is 12.1 Å². The molecule has 3 rings (SSSR count). The van der Waals surface area contributed by atoms with E-state index in [0.717, 1.165) is 53.3 Å². The Balaban J connectivity index is 0.000000890. The minimum absolute atomic E-state index is 0.209. The van der Waals surface area contributed by atoms with Crippen molar-refractivity contribution in [3.8, 4) is 21.8 Å². The SMILES string of the molecule is CC(=O)O.CCN(CC)CCOC(=O)Cc1sc(-c2ccccc2)nc1-c1ccc(Cl)cc1. The molecular weight excluding hydrogens is 460 g/mol. The largest absolute Gasteiger partial charge is 0.481 e. The monoisotopic (exact) mass is 488 g/mol. The van der Waals surface area contributed by atoms with E-state index >= 15 is 0 Å². The first-order valence-corrected chi connectivity index (χ1v) is 11.9. The van der Waals surface area contributed by atoms with Gasteiger partial charge in [-0.3, -0.25) is 9.59 Å². The molecule has 0 aliphatic heterocycles. The quantitative estimate of drug-likeness (QED) is 0.392. The molecule has 8 heteroatoms. The van der Waals surface area contributed by atoms with Crippen LogP contribution in [0.1, 0.15) is 25.6 Å². The molecule has 0 atom stereocenters. The van der Waals surface area contributed by atoms with Gasteiger partial charge in [-0.15, -0.1) is 11.3 Å². The maximum Gasteiger partial charge on any atom is 0.311 e. The Morgan fingerprint density at radius 1 is 1.03 bits per heavy atom. The van der Waals surface area contributed by atoms with Crippen molar-refractivity contribution in [1.82, 2.24) is 9.88 Å². The molecule has 3 aromatic rings. The summed E-state index contributed by atoms with van der Waals surface area (Å²) in [6.07, 6.45) is 0.209. The first kappa shape index (κ1) is 26.5. The summed E-state index contributed by atoms with van der Waals surface area (Å²) < 4.78 is 5.48. The Hall–Kier alpha value is -2.74. The number of benzene rings is 2. The standard InChI is InChI=1S/C23H25ClN2O2S.C2H4O2/c1-3-26(4-2)14-15-28-21(27)16-20-22(17-10-12-19(24)13-11-17)25-23(29-20)18-8-6-5-7-9-18;1-2(3)4/h5-13H,3-4,14-16H2,1-2H3;1H3,(H,3,4). The number of carbonyl (C=O) groups is 2. The minimum atomic E-state index is -0.833. The molecule has 1 heterocycles. The van der Waals surface area contributed by atoms with Crippen LogP contribution in [0.3, 0.4) is 0 Å². The number of thiazole rings is 1. The van der Waals surface area contributed by atoms with Crippen molar-refractivity contribution in [3.05, 3.63) is 64.5 Å². The fraction of sp³-hybridized carbons (Fsp3) is 0.320. The number of ether oxygens (including phenoxy) is 1. The minimum Gasteiger partial charge on any atom is -0.481 e. The molecular formula is C25H29ClN2O4S. The van der Waals surface area contributed by atoms with E-state index in [-0.39, 0.29) is 12.4 Å². The number of aliphatic carboxylic acids is 1. The molecule has 1 N–H and O–H groups in total. The number of carboxylic acids is 1. The Labute approximate surface area is 203 Å². The zero-order valence-corrected chi connectivity index (χ0v) is 20.7. The van der Waals surface area contributed by atoms with Crippen LogP contribution >= 0.6 is 22.9 Å². The van der Waals surface area contributed by atoms with E-state index in [1.807, 2.05) is 54.6 Å². The van der Waals surface area contributed by atoms with Gasteiger partial charge in [-0.05, 0) is 25.2 Å². The Morgan fingerprint density at radius 2 is 1.64 bits per heavy atom. The summed E-state index contributed by atoms with van der Waals surface area (Å²) in [4.78, 5) is 29.4. The predicted octanol–water partition coefficient (Wildman–Crippen LogP) is 5.65. The molecule has 0 saturated carbocycles. The lowest BCUT2D eigenvalue weighted by molar-refractivity contribution is -0.143. The third kappa shape index (κ3) is 8.96. The predicted molar refractivity (Wildman–Crippen MR) is 134 cm³/mol. The Morgan fingerprint density at radius 3 is 2.21 bits per heavy atom. The molecule has 0 amide bonds. The van der Waals surface area contributed by atoms with Gasteiger partial charge in [-0.25, -0.2) is 4.98 Å². The first-order valence-electron chi connectivity index (χ1n) is 10.7. The number of esters is 1. The number of aromatic nitrogens is 1. The lowest BCUT2D eigenvalue weighted by Crippen LogP contribution is -2.28. The molecule has 176 valence electrons. The molecule has 33 heavy (non-hydrogen) atoms. The van der Waals surface area contributed by atoms with Gasteiger partial charge in [-0.1, -0.05) is 67.9 Å². The number of halogens is 1. The highest BCUT2D eigenvalue weighted by molar-refractivity contribution is 7.15.